The fraction of sp³-hybridized carbons (Fsp3) is 0.125. The van der Waals surface area contributed by atoms with Crippen molar-refractivity contribution in [2.75, 3.05) is 19.5 Å². The number of rotatable bonds is 4. The SMILES string of the molecule is COc1ccc(NC(=S)NNC(=O)c2ccccc2)c(OC)c1. The van der Waals surface area contributed by atoms with E-state index in [4.69, 9.17) is 21.7 Å². The van der Waals surface area contributed by atoms with Gasteiger partial charge in [0, 0.05) is 11.6 Å². The number of carbonyl (C=O) groups is 1. The molecule has 0 saturated carbocycles. The summed E-state index contributed by atoms with van der Waals surface area (Å²) in [5, 5.41) is 3.18. The van der Waals surface area contributed by atoms with Crippen LogP contribution in [0.2, 0.25) is 0 Å². The lowest BCUT2D eigenvalue weighted by Crippen LogP contribution is -2.43. The molecule has 7 heteroatoms. The van der Waals surface area contributed by atoms with E-state index in [0.29, 0.717) is 22.7 Å². The largest absolute Gasteiger partial charge is 0.497 e. The molecule has 0 bridgehead atoms. The Kier molecular flexibility index (Phi) is 5.76. The van der Waals surface area contributed by atoms with Crippen molar-refractivity contribution in [1.82, 2.24) is 10.9 Å². The third-order valence-electron chi connectivity index (χ3n) is 2.98. The van der Waals surface area contributed by atoms with Crippen LogP contribution in [0, 0.1) is 0 Å². The molecule has 0 fully saturated rings. The first-order valence-electron chi connectivity index (χ1n) is 6.78. The Hall–Kier alpha value is -2.80. The molecule has 3 N–H and O–H groups in total. The van der Waals surface area contributed by atoms with Gasteiger partial charge in [-0.05, 0) is 36.5 Å². The van der Waals surface area contributed by atoms with Gasteiger partial charge in [0.1, 0.15) is 11.5 Å². The standard InChI is InChI=1S/C16H17N3O3S/c1-21-12-8-9-13(14(10-12)22-2)17-16(23)19-18-15(20)11-6-4-3-5-7-11/h3-10H,1-2H3,(H,18,20)(H2,17,19,23). The molecule has 0 aliphatic carbocycles. The van der Waals surface area contributed by atoms with Gasteiger partial charge in [0.25, 0.3) is 5.91 Å². The van der Waals surface area contributed by atoms with E-state index in [2.05, 4.69) is 16.2 Å². The first-order chi connectivity index (χ1) is 11.1. The van der Waals surface area contributed by atoms with Crippen molar-refractivity contribution in [2.45, 2.75) is 0 Å². The first kappa shape index (κ1) is 16.6. The second-order valence-corrected chi connectivity index (χ2v) is 4.87. The van der Waals surface area contributed by atoms with E-state index < -0.39 is 0 Å². The normalized spacial score (nSPS) is 9.65. The van der Waals surface area contributed by atoms with Crippen molar-refractivity contribution in [2.24, 2.45) is 0 Å². The third-order valence-corrected chi connectivity index (χ3v) is 3.19. The van der Waals surface area contributed by atoms with Crippen molar-refractivity contribution in [3.8, 4) is 11.5 Å². The Balaban J connectivity index is 1.93. The summed E-state index contributed by atoms with van der Waals surface area (Å²) in [6.45, 7) is 0. The minimum absolute atomic E-state index is 0.234. The van der Waals surface area contributed by atoms with E-state index in [9.17, 15) is 4.79 Å². The highest BCUT2D eigenvalue weighted by atomic mass is 32.1. The Morgan fingerprint density at radius 3 is 2.39 bits per heavy atom. The molecule has 0 unspecified atom stereocenters. The van der Waals surface area contributed by atoms with Crippen molar-refractivity contribution in [3.05, 3.63) is 54.1 Å². The molecule has 23 heavy (non-hydrogen) atoms. The molecular weight excluding hydrogens is 314 g/mol. The number of hydrazine groups is 1. The van der Waals surface area contributed by atoms with Gasteiger partial charge in [-0.15, -0.1) is 0 Å². The maximum Gasteiger partial charge on any atom is 0.269 e. The Bertz CT molecular complexity index is 692. The van der Waals surface area contributed by atoms with Crippen LogP contribution in [0.3, 0.4) is 0 Å². The van der Waals surface area contributed by atoms with Crippen LogP contribution >= 0.6 is 12.2 Å². The van der Waals surface area contributed by atoms with Gasteiger partial charge >= 0.3 is 0 Å². The van der Waals surface area contributed by atoms with Gasteiger partial charge in [0.15, 0.2) is 5.11 Å². The van der Waals surface area contributed by atoms with Crippen LogP contribution in [0.4, 0.5) is 5.69 Å². The van der Waals surface area contributed by atoms with Crippen LogP contribution in [-0.4, -0.2) is 25.2 Å². The molecule has 0 heterocycles. The van der Waals surface area contributed by atoms with Gasteiger partial charge in [-0.3, -0.25) is 15.6 Å². The number of benzene rings is 2. The topological polar surface area (TPSA) is 71.6 Å². The summed E-state index contributed by atoms with van der Waals surface area (Å²) in [4.78, 5) is 11.9. The highest BCUT2D eigenvalue weighted by molar-refractivity contribution is 7.80. The summed E-state index contributed by atoms with van der Waals surface area (Å²) in [6, 6.07) is 14.1. The lowest BCUT2D eigenvalue weighted by atomic mass is 10.2. The highest BCUT2D eigenvalue weighted by Crippen LogP contribution is 2.28. The van der Waals surface area contributed by atoms with Gasteiger partial charge in [0.2, 0.25) is 0 Å². The maximum atomic E-state index is 11.9. The number of nitrogens with one attached hydrogen (secondary N) is 3. The minimum atomic E-state index is -0.281. The van der Waals surface area contributed by atoms with Gasteiger partial charge in [-0.25, -0.2) is 0 Å². The highest BCUT2D eigenvalue weighted by Gasteiger charge is 2.08. The quantitative estimate of drug-likeness (QED) is 0.590. The van der Waals surface area contributed by atoms with E-state index in [1.54, 1.807) is 56.7 Å². The fourth-order valence-corrected chi connectivity index (χ4v) is 1.99. The summed E-state index contributed by atoms with van der Waals surface area (Å²) in [6.07, 6.45) is 0. The molecular formula is C16H17N3O3S. The minimum Gasteiger partial charge on any atom is -0.497 e. The number of hydrogen-bond acceptors (Lipinski definition) is 4. The van der Waals surface area contributed by atoms with Crippen molar-refractivity contribution >= 4 is 28.9 Å². The zero-order chi connectivity index (χ0) is 16.7. The molecule has 0 aliphatic heterocycles. The number of carbonyl (C=O) groups excluding carboxylic acids is 1. The second-order valence-electron chi connectivity index (χ2n) is 4.47. The molecule has 0 aromatic heterocycles. The molecule has 0 saturated heterocycles. The molecule has 0 aliphatic rings. The zero-order valence-corrected chi connectivity index (χ0v) is 13.6. The van der Waals surface area contributed by atoms with Crippen molar-refractivity contribution in [3.63, 3.8) is 0 Å². The predicted molar refractivity (Wildman–Crippen MR) is 92.8 cm³/mol. The van der Waals surface area contributed by atoms with Gasteiger partial charge in [0.05, 0.1) is 19.9 Å². The monoisotopic (exact) mass is 331 g/mol. The van der Waals surface area contributed by atoms with Crippen LogP contribution in [0.25, 0.3) is 0 Å². The Morgan fingerprint density at radius 2 is 1.74 bits per heavy atom. The molecule has 2 rings (SSSR count). The Morgan fingerprint density at radius 1 is 1.00 bits per heavy atom. The van der Waals surface area contributed by atoms with Gasteiger partial charge < -0.3 is 14.8 Å². The lowest BCUT2D eigenvalue weighted by Gasteiger charge is -2.14. The maximum absolute atomic E-state index is 11.9. The van der Waals surface area contributed by atoms with Crippen LogP contribution < -0.4 is 25.6 Å². The van der Waals surface area contributed by atoms with Gasteiger partial charge in [-0.2, -0.15) is 0 Å². The van der Waals surface area contributed by atoms with Crippen LogP contribution in [0.15, 0.2) is 48.5 Å². The summed E-state index contributed by atoms with van der Waals surface area (Å²) in [7, 11) is 3.13. The van der Waals surface area contributed by atoms with E-state index in [-0.39, 0.29) is 11.0 Å². The number of hydrogen-bond donors (Lipinski definition) is 3. The molecule has 120 valence electrons. The summed E-state index contributed by atoms with van der Waals surface area (Å²) >= 11 is 5.15. The van der Waals surface area contributed by atoms with Crippen LogP contribution in [-0.2, 0) is 0 Å². The van der Waals surface area contributed by atoms with Crippen molar-refractivity contribution in [1.29, 1.82) is 0 Å². The van der Waals surface area contributed by atoms with Crippen molar-refractivity contribution < 1.29 is 14.3 Å². The number of thiocarbonyl (C=S) groups is 1. The summed E-state index contributed by atoms with van der Waals surface area (Å²) in [5.74, 6) is 0.961. The fourth-order valence-electron chi connectivity index (χ4n) is 1.83. The lowest BCUT2D eigenvalue weighted by molar-refractivity contribution is 0.0944. The number of methoxy groups -OCH3 is 2. The molecule has 2 aromatic carbocycles. The molecule has 0 spiro atoms. The van der Waals surface area contributed by atoms with Gasteiger partial charge in [-0.1, -0.05) is 18.2 Å². The average molecular weight is 331 g/mol. The molecule has 0 atom stereocenters. The molecule has 1 amide bonds. The zero-order valence-electron chi connectivity index (χ0n) is 12.8. The smallest absolute Gasteiger partial charge is 0.269 e. The molecule has 2 aromatic rings. The second kappa shape index (κ2) is 8.00. The summed E-state index contributed by atoms with van der Waals surface area (Å²) < 4.78 is 10.4. The van der Waals surface area contributed by atoms with E-state index in [1.807, 2.05) is 6.07 Å². The van der Waals surface area contributed by atoms with E-state index in [0.717, 1.165) is 0 Å². The van der Waals surface area contributed by atoms with E-state index >= 15 is 0 Å². The number of amides is 1. The van der Waals surface area contributed by atoms with Crippen LogP contribution in [0.5, 0.6) is 11.5 Å². The number of ether oxygens (including phenoxy) is 2. The first-order valence-corrected chi connectivity index (χ1v) is 7.19. The number of anilines is 1. The Labute approximate surface area is 139 Å². The summed E-state index contributed by atoms with van der Waals surface area (Å²) in [5.41, 5.74) is 6.35. The average Bonchev–Trinajstić information content (AvgIpc) is 2.60. The molecule has 0 radical (unpaired) electrons. The predicted octanol–water partition coefficient (Wildman–Crippen LogP) is 2.34. The molecule has 6 nitrogen and oxygen atoms in total. The third kappa shape index (κ3) is 4.58. The van der Waals surface area contributed by atoms with E-state index in [1.165, 1.54) is 0 Å². The van der Waals surface area contributed by atoms with Crippen LogP contribution in [0.1, 0.15) is 10.4 Å².